The fourth-order valence-corrected chi connectivity index (χ4v) is 6.16. The summed E-state index contributed by atoms with van der Waals surface area (Å²) in [6.45, 7) is 0. The maximum atomic E-state index is 10.4. The minimum Gasteiger partial charge on any atom is -0.382 e. The van der Waals surface area contributed by atoms with Crippen LogP contribution in [0.3, 0.4) is 0 Å². The molecule has 0 saturated carbocycles. The zero-order valence-electron chi connectivity index (χ0n) is 12.5. The van der Waals surface area contributed by atoms with Crippen molar-refractivity contribution in [2.75, 3.05) is 0 Å². The van der Waals surface area contributed by atoms with E-state index in [0.29, 0.717) is 0 Å². The summed E-state index contributed by atoms with van der Waals surface area (Å²) in [5.41, 5.74) is 0. The van der Waals surface area contributed by atoms with Crippen LogP contribution in [0.4, 0.5) is 0 Å². The Morgan fingerprint density at radius 3 is 1.42 bits per heavy atom. The van der Waals surface area contributed by atoms with E-state index in [1.165, 1.54) is 0 Å². The highest BCUT2D eigenvalue weighted by Gasteiger charge is 2.17. The summed E-state index contributed by atoms with van der Waals surface area (Å²) in [6.07, 6.45) is -1.11. The van der Waals surface area contributed by atoms with Crippen molar-refractivity contribution in [1.29, 1.82) is 0 Å². The Morgan fingerprint density at radius 1 is 0.583 bits per heavy atom. The lowest BCUT2D eigenvalue weighted by molar-refractivity contribution is 0.228. The monoisotopic (exact) mass is 390 g/mol. The quantitative estimate of drug-likeness (QED) is 0.455. The molecule has 2 atom stereocenters. The van der Waals surface area contributed by atoms with E-state index in [4.69, 9.17) is 0 Å². The molecule has 0 aromatic carbocycles. The molecule has 0 aliphatic rings. The molecule has 2 nitrogen and oxygen atoms in total. The molecule has 24 heavy (non-hydrogen) atoms. The first-order valence-corrected chi connectivity index (χ1v) is 10.7. The van der Waals surface area contributed by atoms with Gasteiger partial charge in [0.05, 0.1) is 0 Å². The molecular weight excluding hydrogens is 376 g/mol. The molecule has 6 heteroatoms. The van der Waals surface area contributed by atoms with Crippen molar-refractivity contribution in [3.8, 4) is 9.75 Å². The Labute approximate surface area is 155 Å². The number of hydrogen-bond acceptors (Lipinski definition) is 6. The second-order valence-corrected chi connectivity index (χ2v) is 9.43. The van der Waals surface area contributed by atoms with Crippen molar-refractivity contribution in [3.63, 3.8) is 0 Å². The second kappa shape index (κ2) is 6.92. The number of thiophene rings is 4. The van der Waals surface area contributed by atoms with Crippen molar-refractivity contribution >= 4 is 45.3 Å². The summed E-state index contributed by atoms with van der Waals surface area (Å²) in [7, 11) is 0. The molecule has 4 aromatic heterocycles. The molecule has 0 spiro atoms. The van der Waals surface area contributed by atoms with Crippen LogP contribution in [0.2, 0.25) is 0 Å². The number of rotatable bonds is 5. The van der Waals surface area contributed by atoms with Crippen LogP contribution >= 0.6 is 45.3 Å². The van der Waals surface area contributed by atoms with Crippen molar-refractivity contribution in [2.45, 2.75) is 12.2 Å². The average molecular weight is 391 g/mol. The fraction of sp³-hybridized carbons (Fsp3) is 0.111. The third kappa shape index (κ3) is 3.13. The van der Waals surface area contributed by atoms with Gasteiger partial charge in [0.2, 0.25) is 0 Å². The molecule has 0 amide bonds. The van der Waals surface area contributed by atoms with Crippen molar-refractivity contribution in [1.82, 2.24) is 0 Å². The third-order valence-corrected chi connectivity index (χ3v) is 7.98. The van der Waals surface area contributed by atoms with E-state index in [0.717, 1.165) is 29.3 Å². The summed E-state index contributed by atoms with van der Waals surface area (Å²) in [4.78, 5) is 6.06. The van der Waals surface area contributed by atoms with E-state index in [1.807, 2.05) is 59.3 Å². The lowest BCUT2D eigenvalue weighted by Crippen LogP contribution is -1.92. The Kier molecular flexibility index (Phi) is 4.67. The first kappa shape index (κ1) is 16.2. The molecule has 0 aliphatic carbocycles. The highest BCUT2D eigenvalue weighted by atomic mass is 32.1. The van der Waals surface area contributed by atoms with Crippen LogP contribution in [0.1, 0.15) is 31.7 Å². The van der Waals surface area contributed by atoms with Gasteiger partial charge in [-0.05, 0) is 47.2 Å². The first-order chi connectivity index (χ1) is 11.7. The standard InChI is InChI=1S/C18H14O2S4/c19-17(13-3-1-9-21-13)15-7-5-11(23-15)12-6-8-16(24-12)18(20)14-4-2-10-22-14/h1-10,17-20H. The van der Waals surface area contributed by atoms with Crippen molar-refractivity contribution < 1.29 is 10.2 Å². The number of aliphatic hydroxyl groups excluding tert-OH is 2. The summed E-state index contributed by atoms with van der Waals surface area (Å²) in [5, 5.41) is 24.8. The van der Waals surface area contributed by atoms with Crippen LogP contribution < -0.4 is 0 Å². The molecule has 0 bridgehead atoms. The molecular formula is C18H14O2S4. The summed E-state index contributed by atoms with van der Waals surface area (Å²) < 4.78 is 0. The van der Waals surface area contributed by atoms with Gasteiger partial charge >= 0.3 is 0 Å². The maximum Gasteiger partial charge on any atom is 0.122 e. The van der Waals surface area contributed by atoms with E-state index in [9.17, 15) is 10.2 Å². The number of hydrogen-bond donors (Lipinski definition) is 2. The predicted molar refractivity (Wildman–Crippen MR) is 104 cm³/mol. The zero-order chi connectivity index (χ0) is 16.5. The Morgan fingerprint density at radius 2 is 1.04 bits per heavy atom. The van der Waals surface area contributed by atoms with Crippen LogP contribution in [-0.4, -0.2) is 10.2 Å². The Balaban J connectivity index is 1.57. The average Bonchev–Trinajstić information content (AvgIpc) is 3.42. The van der Waals surface area contributed by atoms with Gasteiger partial charge in [0.15, 0.2) is 0 Å². The van der Waals surface area contributed by atoms with E-state index in [2.05, 4.69) is 0 Å². The maximum absolute atomic E-state index is 10.4. The summed E-state index contributed by atoms with van der Waals surface area (Å²) >= 11 is 6.34. The topological polar surface area (TPSA) is 40.5 Å². The van der Waals surface area contributed by atoms with Gasteiger partial charge in [0.25, 0.3) is 0 Å². The first-order valence-electron chi connectivity index (χ1n) is 7.35. The van der Waals surface area contributed by atoms with Gasteiger partial charge in [-0.1, -0.05) is 12.1 Å². The SMILES string of the molecule is OC(c1cccs1)c1ccc(-c2ccc(C(O)c3cccs3)s2)s1. The molecule has 4 rings (SSSR count). The normalized spacial score (nSPS) is 13.9. The van der Waals surface area contributed by atoms with E-state index in [1.54, 1.807) is 45.3 Å². The van der Waals surface area contributed by atoms with Crippen LogP contribution in [0.15, 0.2) is 59.3 Å². The molecule has 2 unspecified atom stereocenters. The van der Waals surface area contributed by atoms with Gasteiger partial charge < -0.3 is 10.2 Å². The smallest absolute Gasteiger partial charge is 0.122 e. The molecule has 4 aromatic rings. The highest BCUT2D eigenvalue weighted by molar-refractivity contribution is 7.22. The van der Waals surface area contributed by atoms with Gasteiger partial charge in [0.1, 0.15) is 12.2 Å². The van der Waals surface area contributed by atoms with E-state index in [-0.39, 0.29) is 0 Å². The van der Waals surface area contributed by atoms with E-state index >= 15 is 0 Å². The molecule has 0 saturated heterocycles. The molecule has 0 fully saturated rings. The van der Waals surface area contributed by atoms with E-state index < -0.39 is 12.2 Å². The predicted octanol–water partition coefficient (Wildman–Crippen LogP) is 5.76. The lowest BCUT2D eigenvalue weighted by atomic mass is 10.2. The van der Waals surface area contributed by atoms with Gasteiger partial charge in [-0.15, -0.1) is 45.3 Å². The van der Waals surface area contributed by atoms with Gasteiger partial charge in [-0.3, -0.25) is 0 Å². The summed E-state index contributed by atoms with van der Waals surface area (Å²) in [6, 6.07) is 15.9. The van der Waals surface area contributed by atoms with Crippen molar-refractivity contribution in [2.24, 2.45) is 0 Å². The Hall–Kier alpha value is -1.28. The number of aliphatic hydroxyl groups is 2. The van der Waals surface area contributed by atoms with Crippen LogP contribution in [0.5, 0.6) is 0 Å². The zero-order valence-corrected chi connectivity index (χ0v) is 15.7. The summed E-state index contributed by atoms with van der Waals surface area (Å²) in [5.74, 6) is 0. The largest absolute Gasteiger partial charge is 0.382 e. The van der Waals surface area contributed by atoms with Crippen LogP contribution in [-0.2, 0) is 0 Å². The molecule has 2 N–H and O–H groups in total. The van der Waals surface area contributed by atoms with Gasteiger partial charge in [0, 0.05) is 29.3 Å². The molecule has 122 valence electrons. The Bertz CT molecular complexity index is 826. The minimum absolute atomic E-state index is 0.556. The molecule has 0 radical (unpaired) electrons. The highest BCUT2D eigenvalue weighted by Crippen LogP contribution is 2.40. The van der Waals surface area contributed by atoms with Gasteiger partial charge in [-0.2, -0.15) is 0 Å². The molecule has 0 aliphatic heterocycles. The minimum atomic E-state index is -0.556. The third-order valence-electron chi connectivity index (χ3n) is 3.66. The lowest BCUT2D eigenvalue weighted by Gasteiger charge is -2.05. The van der Waals surface area contributed by atoms with Crippen LogP contribution in [0, 0.1) is 0 Å². The van der Waals surface area contributed by atoms with Gasteiger partial charge in [-0.25, -0.2) is 0 Å². The molecule has 4 heterocycles. The van der Waals surface area contributed by atoms with Crippen molar-refractivity contribution in [3.05, 3.63) is 78.8 Å². The second-order valence-electron chi connectivity index (χ2n) is 5.24. The fourth-order valence-electron chi connectivity index (χ4n) is 2.44. The van der Waals surface area contributed by atoms with Crippen LogP contribution in [0.25, 0.3) is 9.75 Å².